The SMILES string of the molecule is CCCCCCCCCCCCCCCCN[C@H](CNCCCCCCCCCCCCCC)COP(=O)([O-])OCC[N+](C)(C)C. The molecule has 0 aliphatic heterocycles. The molecule has 1 unspecified atom stereocenters. The van der Waals surface area contributed by atoms with Gasteiger partial charge < -0.3 is 29.1 Å². The van der Waals surface area contributed by atoms with Gasteiger partial charge in [0, 0.05) is 12.6 Å². The molecular weight excluding hydrogens is 593 g/mol. The zero-order valence-electron chi connectivity index (χ0n) is 31.7. The van der Waals surface area contributed by atoms with Crippen molar-refractivity contribution in [2.24, 2.45) is 0 Å². The summed E-state index contributed by atoms with van der Waals surface area (Å²) in [6, 6.07) is -0.0522. The monoisotopic (exact) mass is 676 g/mol. The van der Waals surface area contributed by atoms with Crippen LogP contribution in [0.5, 0.6) is 0 Å². The van der Waals surface area contributed by atoms with Crippen molar-refractivity contribution in [2.45, 2.75) is 187 Å². The molecule has 0 aliphatic rings. The number of likely N-dealkylation sites (N-methyl/N-ethyl adjacent to an activating group) is 1. The van der Waals surface area contributed by atoms with E-state index in [0.717, 1.165) is 25.9 Å². The van der Waals surface area contributed by atoms with E-state index in [0.29, 0.717) is 17.6 Å². The van der Waals surface area contributed by atoms with Crippen LogP contribution in [0.15, 0.2) is 0 Å². The first-order chi connectivity index (χ1) is 22.2. The average molecular weight is 676 g/mol. The molecule has 0 aromatic heterocycles. The summed E-state index contributed by atoms with van der Waals surface area (Å²) in [6.45, 7) is 7.96. The summed E-state index contributed by atoms with van der Waals surface area (Å²) in [5.41, 5.74) is 0. The van der Waals surface area contributed by atoms with Crippen molar-refractivity contribution in [1.82, 2.24) is 10.6 Å². The Bertz CT molecular complexity index is 662. The third-order valence-electron chi connectivity index (χ3n) is 9.01. The highest BCUT2D eigenvalue weighted by Crippen LogP contribution is 2.38. The van der Waals surface area contributed by atoms with Crippen LogP contribution in [-0.4, -0.2) is 71.1 Å². The first kappa shape index (κ1) is 46.0. The summed E-state index contributed by atoms with van der Waals surface area (Å²) in [4.78, 5) is 12.4. The first-order valence-electron chi connectivity index (χ1n) is 20.0. The molecule has 8 heteroatoms. The Kier molecular flexibility index (Phi) is 33.5. The fraction of sp³-hybridized carbons (Fsp3) is 1.00. The summed E-state index contributed by atoms with van der Waals surface area (Å²) >= 11 is 0. The predicted molar refractivity (Wildman–Crippen MR) is 198 cm³/mol. The third kappa shape index (κ3) is 36.8. The van der Waals surface area contributed by atoms with Crippen LogP contribution in [0.2, 0.25) is 0 Å². The Hall–Kier alpha value is -0.0100. The number of nitrogens with one attached hydrogen (secondary N) is 2. The number of phosphoric ester groups is 1. The summed E-state index contributed by atoms with van der Waals surface area (Å²) in [5, 5.41) is 7.10. The maximum absolute atomic E-state index is 12.4. The van der Waals surface area contributed by atoms with Gasteiger partial charge in [-0.2, -0.15) is 0 Å². The average Bonchev–Trinajstić information content (AvgIpc) is 3.00. The third-order valence-corrected chi connectivity index (χ3v) is 9.97. The lowest BCUT2D eigenvalue weighted by molar-refractivity contribution is -0.870. The van der Waals surface area contributed by atoms with E-state index in [2.05, 4.69) is 24.5 Å². The molecule has 0 saturated heterocycles. The van der Waals surface area contributed by atoms with Gasteiger partial charge in [-0.25, -0.2) is 0 Å². The highest BCUT2D eigenvalue weighted by molar-refractivity contribution is 7.45. The van der Waals surface area contributed by atoms with Gasteiger partial charge in [0.25, 0.3) is 7.82 Å². The molecule has 46 heavy (non-hydrogen) atoms. The van der Waals surface area contributed by atoms with E-state index in [1.165, 1.54) is 154 Å². The molecule has 0 bridgehead atoms. The smallest absolute Gasteiger partial charge is 0.268 e. The van der Waals surface area contributed by atoms with Crippen LogP contribution in [0, 0.1) is 0 Å². The van der Waals surface area contributed by atoms with Gasteiger partial charge in [0.15, 0.2) is 0 Å². The van der Waals surface area contributed by atoms with Gasteiger partial charge >= 0.3 is 0 Å². The summed E-state index contributed by atoms with van der Waals surface area (Å²) in [7, 11) is 1.73. The number of quaternary nitrogens is 1. The van der Waals surface area contributed by atoms with E-state index in [4.69, 9.17) is 9.05 Å². The maximum Gasteiger partial charge on any atom is 0.268 e. The number of hydrogen-bond acceptors (Lipinski definition) is 6. The van der Waals surface area contributed by atoms with E-state index in [9.17, 15) is 9.46 Å². The molecule has 0 heterocycles. The maximum atomic E-state index is 12.4. The quantitative estimate of drug-likeness (QED) is 0.0385. The molecule has 0 aliphatic carbocycles. The van der Waals surface area contributed by atoms with E-state index in [1.54, 1.807) is 0 Å². The molecule has 0 radical (unpaired) electrons. The second kappa shape index (κ2) is 33.5. The number of hydrogen-bond donors (Lipinski definition) is 2. The molecule has 0 aromatic carbocycles. The molecular formula is C38H82N3O4P. The summed E-state index contributed by atoms with van der Waals surface area (Å²) in [6.07, 6.45) is 35.1. The summed E-state index contributed by atoms with van der Waals surface area (Å²) in [5.74, 6) is 0. The highest BCUT2D eigenvalue weighted by Gasteiger charge is 2.16. The lowest BCUT2D eigenvalue weighted by Gasteiger charge is -2.28. The van der Waals surface area contributed by atoms with Crippen molar-refractivity contribution in [1.29, 1.82) is 0 Å². The molecule has 0 fully saturated rings. The topological polar surface area (TPSA) is 82.7 Å². The zero-order valence-corrected chi connectivity index (χ0v) is 32.6. The number of nitrogens with zero attached hydrogens (tertiary/aromatic N) is 1. The van der Waals surface area contributed by atoms with E-state index < -0.39 is 7.82 Å². The Morgan fingerprint density at radius 1 is 0.565 bits per heavy atom. The molecule has 278 valence electrons. The molecule has 7 nitrogen and oxygen atoms in total. The van der Waals surface area contributed by atoms with Gasteiger partial charge in [0.1, 0.15) is 13.2 Å². The van der Waals surface area contributed by atoms with Crippen molar-refractivity contribution < 1.29 is 23.0 Å². The fourth-order valence-electron chi connectivity index (χ4n) is 5.83. The minimum absolute atomic E-state index is 0.0522. The van der Waals surface area contributed by atoms with Gasteiger partial charge in [-0.15, -0.1) is 0 Å². The summed E-state index contributed by atoms with van der Waals surface area (Å²) < 4.78 is 23.5. The first-order valence-corrected chi connectivity index (χ1v) is 21.5. The number of phosphoric acid groups is 1. The second-order valence-electron chi connectivity index (χ2n) is 14.9. The highest BCUT2D eigenvalue weighted by atomic mass is 31.2. The fourth-order valence-corrected chi connectivity index (χ4v) is 6.57. The van der Waals surface area contributed by atoms with Crippen LogP contribution >= 0.6 is 7.82 Å². The largest absolute Gasteiger partial charge is 0.756 e. The van der Waals surface area contributed by atoms with Gasteiger partial charge in [0.2, 0.25) is 0 Å². The predicted octanol–water partition coefficient (Wildman–Crippen LogP) is 9.92. The normalized spacial score (nSPS) is 14.1. The second-order valence-corrected chi connectivity index (χ2v) is 16.3. The number of rotatable bonds is 38. The van der Waals surface area contributed by atoms with Crippen molar-refractivity contribution in [3.63, 3.8) is 0 Å². The molecule has 0 saturated carbocycles. The Labute approximate surface area is 288 Å². The van der Waals surface area contributed by atoms with Crippen LogP contribution in [0.1, 0.15) is 181 Å². The van der Waals surface area contributed by atoms with Crippen LogP contribution in [0.4, 0.5) is 0 Å². The van der Waals surface area contributed by atoms with Crippen molar-refractivity contribution in [2.75, 3.05) is 60.5 Å². The Balaban J connectivity index is 4.10. The van der Waals surface area contributed by atoms with Crippen LogP contribution in [0.3, 0.4) is 0 Å². The minimum Gasteiger partial charge on any atom is -0.756 e. The zero-order chi connectivity index (χ0) is 34.0. The standard InChI is InChI=1S/C38H82N3O4P/c1-6-8-10-12-14-16-18-20-21-23-25-27-29-31-33-40-38(37-45-46(42,43)44-35-34-41(3,4)5)36-39-32-30-28-26-24-22-19-17-15-13-11-9-7-2/h38-40H,6-37H2,1-5H3/t38-/m1/s1. The Morgan fingerprint density at radius 3 is 1.33 bits per heavy atom. The lowest BCUT2D eigenvalue weighted by atomic mass is 10.0. The molecule has 0 rings (SSSR count). The van der Waals surface area contributed by atoms with Gasteiger partial charge in [0.05, 0.1) is 27.7 Å². The minimum atomic E-state index is -4.31. The van der Waals surface area contributed by atoms with Crippen molar-refractivity contribution in [3.05, 3.63) is 0 Å². The van der Waals surface area contributed by atoms with Crippen LogP contribution in [0.25, 0.3) is 0 Å². The molecule has 0 spiro atoms. The van der Waals surface area contributed by atoms with Gasteiger partial charge in [-0.1, -0.05) is 168 Å². The molecule has 0 amide bonds. The number of unbranched alkanes of at least 4 members (excludes halogenated alkanes) is 24. The van der Waals surface area contributed by atoms with Crippen molar-refractivity contribution in [3.8, 4) is 0 Å². The van der Waals surface area contributed by atoms with Crippen LogP contribution < -0.4 is 15.5 Å². The van der Waals surface area contributed by atoms with E-state index >= 15 is 0 Å². The van der Waals surface area contributed by atoms with Crippen molar-refractivity contribution >= 4 is 7.82 Å². The molecule has 2 N–H and O–H groups in total. The van der Waals surface area contributed by atoms with Gasteiger partial charge in [-0.05, 0) is 25.9 Å². The Morgan fingerprint density at radius 2 is 0.935 bits per heavy atom. The van der Waals surface area contributed by atoms with E-state index in [-0.39, 0.29) is 19.3 Å². The van der Waals surface area contributed by atoms with Crippen LogP contribution in [-0.2, 0) is 13.6 Å². The van der Waals surface area contributed by atoms with E-state index in [1.807, 2.05) is 21.1 Å². The molecule has 0 aromatic rings. The van der Waals surface area contributed by atoms with Gasteiger partial charge in [-0.3, -0.25) is 4.57 Å². The molecule has 2 atom stereocenters. The lowest BCUT2D eigenvalue weighted by Crippen LogP contribution is -2.43.